The molecule has 1 atom stereocenters. The highest BCUT2D eigenvalue weighted by Crippen LogP contribution is 2.20. The van der Waals surface area contributed by atoms with Crippen molar-refractivity contribution in [1.29, 1.82) is 0 Å². The van der Waals surface area contributed by atoms with Gasteiger partial charge in [-0.15, -0.1) is 0 Å². The lowest BCUT2D eigenvalue weighted by atomic mass is 10.1. The summed E-state index contributed by atoms with van der Waals surface area (Å²) in [6.45, 7) is 3.25. The van der Waals surface area contributed by atoms with Gasteiger partial charge in [-0.3, -0.25) is 9.59 Å². The minimum Gasteiger partial charge on any atom is -0.374 e. The van der Waals surface area contributed by atoms with Crippen LogP contribution in [-0.2, 0) is 9.59 Å². The van der Waals surface area contributed by atoms with E-state index in [1.165, 1.54) is 13.8 Å². The van der Waals surface area contributed by atoms with E-state index in [0.717, 1.165) is 5.56 Å². The van der Waals surface area contributed by atoms with E-state index >= 15 is 0 Å². The number of halogens is 3. The molecular weight excluding hydrogens is 299 g/mol. The Morgan fingerprint density at radius 1 is 1.27 bits per heavy atom. The molecule has 0 saturated carbocycles. The van der Waals surface area contributed by atoms with Gasteiger partial charge in [-0.05, 0) is 37.6 Å². The van der Waals surface area contributed by atoms with E-state index in [1.807, 2.05) is 5.32 Å². The van der Waals surface area contributed by atoms with E-state index in [4.69, 9.17) is 0 Å². The lowest BCUT2D eigenvalue weighted by molar-refractivity contribution is -0.138. The van der Waals surface area contributed by atoms with Crippen LogP contribution < -0.4 is 16.0 Å². The zero-order chi connectivity index (χ0) is 16.9. The van der Waals surface area contributed by atoms with Crippen LogP contribution in [0.15, 0.2) is 18.2 Å². The van der Waals surface area contributed by atoms with E-state index in [0.29, 0.717) is 11.4 Å². The Hall–Kier alpha value is -2.25. The van der Waals surface area contributed by atoms with Crippen molar-refractivity contribution in [1.82, 2.24) is 5.32 Å². The Balaban J connectivity index is 2.64. The fourth-order valence-corrected chi connectivity index (χ4v) is 1.74. The van der Waals surface area contributed by atoms with E-state index < -0.39 is 24.7 Å². The zero-order valence-corrected chi connectivity index (χ0v) is 12.5. The predicted octanol–water partition coefficient (Wildman–Crippen LogP) is 2.43. The van der Waals surface area contributed by atoms with Crippen molar-refractivity contribution in [3.05, 3.63) is 23.8 Å². The largest absolute Gasteiger partial charge is 0.405 e. The summed E-state index contributed by atoms with van der Waals surface area (Å²) in [6, 6.07) is 4.15. The zero-order valence-electron chi connectivity index (χ0n) is 12.5. The second-order valence-corrected chi connectivity index (χ2v) is 4.91. The molecule has 0 saturated heterocycles. The summed E-state index contributed by atoms with van der Waals surface area (Å²) < 4.78 is 36.1. The van der Waals surface area contributed by atoms with Crippen LogP contribution in [-0.4, -0.2) is 30.6 Å². The van der Waals surface area contributed by atoms with Gasteiger partial charge < -0.3 is 16.0 Å². The van der Waals surface area contributed by atoms with Crippen molar-refractivity contribution >= 4 is 23.2 Å². The number of hydrogen-bond donors (Lipinski definition) is 3. The molecule has 0 fully saturated rings. The molecule has 0 radical (unpaired) electrons. The van der Waals surface area contributed by atoms with Gasteiger partial charge in [-0.1, -0.05) is 0 Å². The van der Waals surface area contributed by atoms with E-state index in [2.05, 4.69) is 10.6 Å². The van der Waals surface area contributed by atoms with Gasteiger partial charge in [-0.25, -0.2) is 0 Å². The Kier molecular flexibility index (Phi) is 5.78. The molecule has 3 N–H and O–H groups in total. The lowest BCUT2D eigenvalue weighted by Crippen LogP contribution is -2.42. The molecule has 0 aromatic heterocycles. The first-order valence-corrected chi connectivity index (χ1v) is 6.58. The smallest absolute Gasteiger partial charge is 0.374 e. The molecule has 0 aliphatic rings. The molecule has 122 valence electrons. The van der Waals surface area contributed by atoms with Crippen molar-refractivity contribution in [2.45, 2.75) is 33.0 Å². The summed E-state index contributed by atoms with van der Waals surface area (Å²) in [6.07, 6.45) is -4.44. The number of rotatable bonds is 5. The molecule has 0 aliphatic carbocycles. The third kappa shape index (κ3) is 6.02. The van der Waals surface area contributed by atoms with Crippen LogP contribution in [0.3, 0.4) is 0 Å². The number of anilines is 2. The standard InChI is InChI=1S/C14H18F3N3O2/c1-8-6-11(4-5-12(8)20-10(3)21)19-9(2)13(22)18-7-14(15,16)17/h4-6,9,19H,7H2,1-3H3,(H,18,22)(H,20,21)/t9-/m0/s1. The van der Waals surface area contributed by atoms with Crippen LogP contribution >= 0.6 is 0 Å². The average Bonchev–Trinajstić information content (AvgIpc) is 2.37. The van der Waals surface area contributed by atoms with Crippen LogP contribution in [0.4, 0.5) is 24.5 Å². The maximum Gasteiger partial charge on any atom is 0.405 e. The molecule has 0 heterocycles. The third-order valence-electron chi connectivity index (χ3n) is 2.78. The number of alkyl halides is 3. The predicted molar refractivity (Wildman–Crippen MR) is 77.6 cm³/mol. The molecule has 0 aliphatic heterocycles. The Labute approximate surface area is 126 Å². The molecule has 1 aromatic rings. The Morgan fingerprint density at radius 2 is 1.91 bits per heavy atom. The number of amides is 2. The quantitative estimate of drug-likeness (QED) is 0.781. The summed E-state index contributed by atoms with van der Waals surface area (Å²) in [7, 11) is 0. The molecule has 0 unspecified atom stereocenters. The second-order valence-electron chi connectivity index (χ2n) is 4.91. The summed E-state index contributed by atoms with van der Waals surface area (Å²) in [5.41, 5.74) is 1.97. The van der Waals surface area contributed by atoms with Crippen LogP contribution in [0, 0.1) is 6.92 Å². The number of carbonyl (C=O) groups is 2. The number of hydrogen-bond acceptors (Lipinski definition) is 3. The van der Waals surface area contributed by atoms with Crippen molar-refractivity contribution in [3.8, 4) is 0 Å². The Morgan fingerprint density at radius 3 is 2.41 bits per heavy atom. The molecule has 5 nitrogen and oxygen atoms in total. The Bertz CT molecular complexity index is 559. The highest BCUT2D eigenvalue weighted by atomic mass is 19.4. The molecule has 22 heavy (non-hydrogen) atoms. The van der Waals surface area contributed by atoms with Gasteiger partial charge in [0, 0.05) is 18.3 Å². The van der Waals surface area contributed by atoms with Crippen LogP contribution in [0.1, 0.15) is 19.4 Å². The van der Waals surface area contributed by atoms with E-state index in [-0.39, 0.29) is 5.91 Å². The molecule has 1 aromatic carbocycles. The first-order valence-electron chi connectivity index (χ1n) is 6.58. The average molecular weight is 317 g/mol. The monoisotopic (exact) mass is 317 g/mol. The van der Waals surface area contributed by atoms with Crippen molar-refractivity contribution < 1.29 is 22.8 Å². The van der Waals surface area contributed by atoms with Crippen molar-refractivity contribution in [3.63, 3.8) is 0 Å². The lowest BCUT2D eigenvalue weighted by Gasteiger charge is -2.17. The van der Waals surface area contributed by atoms with Crippen molar-refractivity contribution in [2.75, 3.05) is 17.2 Å². The van der Waals surface area contributed by atoms with Gasteiger partial charge in [0.05, 0.1) is 0 Å². The van der Waals surface area contributed by atoms with Crippen LogP contribution in [0.5, 0.6) is 0 Å². The first kappa shape index (κ1) is 17.8. The third-order valence-corrected chi connectivity index (χ3v) is 2.78. The fourth-order valence-electron chi connectivity index (χ4n) is 1.74. The first-order chi connectivity index (χ1) is 10.1. The van der Waals surface area contributed by atoms with Crippen LogP contribution in [0.2, 0.25) is 0 Å². The maximum atomic E-state index is 12.0. The topological polar surface area (TPSA) is 70.2 Å². The van der Waals surface area contributed by atoms with E-state index in [1.54, 1.807) is 25.1 Å². The van der Waals surface area contributed by atoms with Gasteiger partial charge in [0.2, 0.25) is 11.8 Å². The second kappa shape index (κ2) is 7.15. The van der Waals surface area contributed by atoms with Gasteiger partial charge in [0.1, 0.15) is 12.6 Å². The summed E-state index contributed by atoms with van der Waals surface area (Å²) in [5.74, 6) is -0.954. The van der Waals surface area contributed by atoms with Crippen LogP contribution in [0.25, 0.3) is 0 Å². The maximum absolute atomic E-state index is 12.0. The van der Waals surface area contributed by atoms with Crippen molar-refractivity contribution in [2.24, 2.45) is 0 Å². The SMILES string of the molecule is CC(=O)Nc1ccc(N[C@@H](C)C(=O)NCC(F)(F)F)cc1C. The molecule has 0 bridgehead atoms. The minimum atomic E-state index is -4.44. The summed E-state index contributed by atoms with van der Waals surface area (Å²) >= 11 is 0. The number of benzene rings is 1. The fraction of sp³-hybridized carbons (Fsp3) is 0.429. The van der Waals surface area contributed by atoms with Gasteiger partial charge in [0.15, 0.2) is 0 Å². The molecule has 0 spiro atoms. The van der Waals surface area contributed by atoms with Gasteiger partial charge in [0.25, 0.3) is 0 Å². The molecule has 8 heteroatoms. The summed E-state index contributed by atoms with van der Waals surface area (Å²) in [5, 5.41) is 7.26. The van der Waals surface area contributed by atoms with E-state index in [9.17, 15) is 22.8 Å². The normalized spacial score (nSPS) is 12.5. The number of carbonyl (C=O) groups excluding carboxylic acids is 2. The number of aryl methyl sites for hydroxylation is 1. The van der Waals surface area contributed by atoms with Gasteiger partial charge >= 0.3 is 6.18 Å². The molecular formula is C14H18F3N3O2. The molecule has 1 rings (SSSR count). The minimum absolute atomic E-state index is 0.205. The highest BCUT2D eigenvalue weighted by Gasteiger charge is 2.28. The van der Waals surface area contributed by atoms with Gasteiger partial charge in [-0.2, -0.15) is 13.2 Å². The molecule has 2 amide bonds. The highest BCUT2D eigenvalue weighted by molar-refractivity contribution is 5.90. The summed E-state index contributed by atoms with van der Waals surface area (Å²) in [4.78, 5) is 22.6. The number of nitrogens with one attached hydrogen (secondary N) is 3.